The van der Waals surface area contributed by atoms with E-state index in [2.05, 4.69) is 64.8 Å². The van der Waals surface area contributed by atoms with Crippen molar-refractivity contribution in [2.24, 2.45) is 0 Å². The zero-order chi connectivity index (χ0) is 13.8. The van der Waals surface area contributed by atoms with Crippen molar-refractivity contribution >= 4 is 10.8 Å². The molecule has 0 aliphatic rings. The maximum absolute atomic E-state index is 4.27. The third-order valence-electron chi connectivity index (χ3n) is 3.47. The van der Waals surface area contributed by atoms with Crippen molar-refractivity contribution in [3.05, 3.63) is 60.2 Å². The molecular formula is C16H18N4. The number of rotatable bonds is 5. The molecule has 4 nitrogen and oxygen atoms in total. The lowest BCUT2D eigenvalue weighted by atomic mass is 10.0. The van der Waals surface area contributed by atoms with Crippen molar-refractivity contribution in [2.75, 3.05) is 0 Å². The van der Waals surface area contributed by atoms with Crippen LogP contribution in [-0.2, 0) is 19.6 Å². The van der Waals surface area contributed by atoms with Gasteiger partial charge in [-0.3, -0.25) is 0 Å². The molecule has 0 unspecified atom stereocenters. The first-order valence-corrected chi connectivity index (χ1v) is 6.92. The van der Waals surface area contributed by atoms with Crippen molar-refractivity contribution < 1.29 is 0 Å². The first kappa shape index (κ1) is 12.8. The molecule has 0 atom stereocenters. The van der Waals surface area contributed by atoms with Crippen LogP contribution in [0.2, 0.25) is 0 Å². The van der Waals surface area contributed by atoms with Gasteiger partial charge in [-0.25, -0.2) is 9.67 Å². The molecule has 0 aliphatic carbocycles. The minimum Gasteiger partial charge on any atom is -0.306 e. The third-order valence-corrected chi connectivity index (χ3v) is 3.47. The first-order chi connectivity index (χ1) is 9.88. The van der Waals surface area contributed by atoms with Crippen LogP contribution in [0.5, 0.6) is 0 Å². The number of nitrogens with one attached hydrogen (secondary N) is 1. The lowest BCUT2D eigenvalue weighted by Gasteiger charge is -2.08. The van der Waals surface area contributed by atoms with Gasteiger partial charge in [0.15, 0.2) is 0 Å². The van der Waals surface area contributed by atoms with Crippen LogP contribution in [-0.4, -0.2) is 14.8 Å². The Hall–Kier alpha value is -2.20. The molecule has 4 heteroatoms. The highest BCUT2D eigenvalue weighted by Crippen LogP contribution is 2.18. The molecule has 2 aromatic carbocycles. The van der Waals surface area contributed by atoms with Gasteiger partial charge >= 0.3 is 0 Å². The summed E-state index contributed by atoms with van der Waals surface area (Å²) in [6.07, 6.45) is 1.61. The maximum Gasteiger partial charge on any atom is 0.140 e. The summed E-state index contributed by atoms with van der Waals surface area (Å²) in [7, 11) is 0. The maximum atomic E-state index is 4.27. The number of aromatic nitrogens is 3. The first-order valence-electron chi connectivity index (χ1n) is 6.92. The van der Waals surface area contributed by atoms with Crippen LogP contribution < -0.4 is 5.32 Å². The molecule has 102 valence electrons. The van der Waals surface area contributed by atoms with E-state index >= 15 is 0 Å². The quantitative estimate of drug-likeness (QED) is 0.772. The number of benzene rings is 2. The summed E-state index contributed by atoms with van der Waals surface area (Å²) in [6.45, 7) is 4.49. The van der Waals surface area contributed by atoms with Crippen LogP contribution >= 0.6 is 0 Å². The van der Waals surface area contributed by atoms with E-state index in [1.165, 1.54) is 16.3 Å². The Kier molecular flexibility index (Phi) is 3.74. The number of hydrogen-bond donors (Lipinski definition) is 1. The monoisotopic (exact) mass is 266 g/mol. The highest BCUT2D eigenvalue weighted by molar-refractivity contribution is 5.85. The second-order valence-electron chi connectivity index (χ2n) is 4.73. The normalized spacial score (nSPS) is 11.1. The Bertz CT molecular complexity index is 697. The van der Waals surface area contributed by atoms with Gasteiger partial charge in [0.1, 0.15) is 12.2 Å². The third kappa shape index (κ3) is 2.56. The van der Waals surface area contributed by atoms with E-state index in [0.29, 0.717) is 0 Å². The van der Waals surface area contributed by atoms with Crippen molar-refractivity contribution in [3.63, 3.8) is 0 Å². The van der Waals surface area contributed by atoms with Gasteiger partial charge in [-0.1, -0.05) is 42.5 Å². The van der Waals surface area contributed by atoms with E-state index in [4.69, 9.17) is 0 Å². The molecule has 0 spiro atoms. The van der Waals surface area contributed by atoms with E-state index in [1.807, 2.05) is 4.68 Å². The van der Waals surface area contributed by atoms with Crippen LogP contribution in [0.15, 0.2) is 48.8 Å². The molecule has 0 fully saturated rings. The molecular weight excluding hydrogens is 248 g/mol. The largest absolute Gasteiger partial charge is 0.306 e. The van der Waals surface area contributed by atoms with E-state index in [0.717, 1.165) is 25.5 Å². The summed E-state index contributed by atoms with van der Waals surface area (Å²) < 4.78 is 1.91. The van der Waals surface area contributed by atoms with Crippen molar-refractivity contribution in [1.29, 1.82) is 0 Å². The van der Waals surface area contributed by atoms with Gasteiger partial charge in [0.25, 0.3) is 0 Å². The standard InChI is InChI=1S/C16H18N4/c1-2-20-16(18-12-19-20)11-17-10-14-8-5-7-13-6-3-4-9-15(13)14/h3-9,12,17H,2,10-11H2,1H3. The molecule has 0 amide bonds. The molecule has 0 radical (unpaired) electrons. The number of fused-ring (bicyclic) bond motifs is 1. The lowest BCUT2D eigenvalue weighted by Crippen LogP contribution is -2.17. The smallest absolute Gasteiger partial charge is 0.140 e. The predicted octanol–water partition coefficient (Wildman–Crippen LogP) is 2.74. The number of hydrogen-bond acceptors (Lipinski definition) is 3. The minimum absolute atomic E-state index is 0.733. The molecule has 20 heavy (non-hydrogen) atoms. The molecule has 1 aromatic heterocycles. The van der Waals surface area contributed by atoms with Crippen LogP contribution in [0.25, 0.3) is 10.8 Å². The van der Waals surface area contributed by atoms with Crippen LogP contribution in [0, 0.1) is 0 Å². The van der Waals surface area contributed by atoms with Gasteiger partial charge < -0.3 is 5.32 Å². The average Bonchev–Trinajstić information content (AvgIpc) is 2.95. The number of aryl methyl sites for hydroxylation is 1. The zero-order valence-corrected chi connectivity index (χ0v) is 11.6. The fraction of sp³-hybridized carbons (Fsp3) is 0.250. The van der Waals surface area contributed by atoms with E-state index < -0.39 is 0 Å². The molecule has 3 rings (SSSR count). The van der Waals surface area contributed by atoms with Crippen molar-refractivity contribution in [1.82, 2.24) is 20.1 Å². The molecule has 0 bridgehead atoms. The Morgan fingerprint density at radius 1 is 1.05 bits per heavy atom. The molecule has 3 aromatic rings. The van der Waals surface area contributed by atoms with Gasteiger partial charge in [0.05, 0.1) is 6.54 Å². The van der Waals surface area contributed by atoms with Gasteiger partial charge in [-0.15, -0.1) is 0 Å². The summed E-state index contributed by atoms with van der Waals surface area (Å²) in [5, 5.41) is 10.2. The van der Waals surface area contributed by atoms with Gasteiger partial charge in [0, 0.05) is 13.1 Å². The summed E-state index contributed by atoms with van der Waals surface area (Å²) in [5.41, 5.74) is 1.31. The second-order valence-corrected chi connectivity index (χ2v) is 4.73. The second kappa shape index (κ2) is 5.84. The van der Waals surface area contributed by atoms with Gasteiger partial charge in [-0.2, -0.15) is 5.10 Å². The Morgan fingerprint density at radius 2 is 1.90 bits per heavy atom. The summed E-state index contributed by atoms with van der Waals surface area (Å²) in [6, 6.07) is 14.9. The number of nitrogens with zero attached hydrogens (tertiary/aromatic N) is 3. The predicted molar refractivity (Wildman–Crippen MR) is 80.2 cm³/mol. The Balaban J connectivity index is 1.71. The van der Waals surface area contributed by atoms with Crippen molar-refractivity contribution in [2.45, 2.75) is 26.6 Å². The topological polar surface area (TPSA) is 42.7 Å². The Labute approximate surface area is 118 Å². The Morgan fingerprint density at radius 3 is 2.80 bits per heavy atom. The summed E-state index contributed by atoms with van der Waals surface area (Å²) >= 11 is 0. The van der Waals surface area contributed by atoms with E-state index in [9.17, 15) is 0 Å². The fourth-order valence-corrected chi connectivity index (χ4v) is 2.44. The summed E-state index contributed by atoms with van der Waals surface area (Å²) in [4.78, 5) is 4.27. The molecule has 0 saturated carbocycles. The van der Waals surface area contributed by atoms with Crippen molar-refractivity contribution in [3.8, 4) is 0 Å². The zero-order valence-electron chi connectivity index (χ0n) is 11.6. The van der Waals surface area contributed by atoms with Gasteiger partial charge in [0.2, 0.25) is 0 Å². The van der Waals surface area contributed by atoms with E-state index in [1.54, 1.807) is 6.33 Å². The lowest BCUT2D eigenvalue weighted by molar-refractivity contribution is 0.573. The SMILES string of the molecule is CCn1ncnc1CNCc1cccc2ccccc12. The van der Waals surface area contributed by atoms with E-state index in [-0.39, 0.29) is 0 Å². The van der Waals surface area contributed by atoms with Crippen LogP contribution in [0.4, 0.5) is 0 Å². The highest BCUT2D eigenvalue weighted by atomic mass is 15.3. The van der Waals surface area contributed by atoms with Crippen LogP contribution in [0.3, 0.4) is 0 Å². The molecule has 1 heterocycles. The van der Waals surface area contributed by atoms with Gasteiger partial charge in [-0.05, 0) is 23.3 Å². The summed E-state index contributed by atoms with van der Waals surface area (Å²) in [5.74, 6) is 0.979. The van der Waals surface area contributed by atoms with Crippen LogP contribution in [0.1, 0.15) is 18.3 Å². The fourth-order valence-electron chi connectivity index (χ4n) is 2.44. The minimum atomic E-state index is 0.733. The molecule has 0 aliphatic heterocycles. The highest BCUT2D eigenvalue weighted by Gasteiger charge is 2.03. The molecule has 0 saturated heterocycles. The molecule has 1 N–H and O–H groups in total. The average molecular weight is 266 g/mol.